The summed E-state index contributed by atoms with van der Waals surface area (Å²) in [5.74, 6) is 0.342. The topological polar surface area (TPSA) is 79.8 Å². The summed E-state index contributed by atoms with van der Waals surface area (Å²) in [5.41, 5.74) is 7.90. The predicted molar refractivity (Wildman–Crippen MR) is 121 cm³/mol. The molecular formula is C24H29ClN2O4. The minimum absolute atomic E-state index is 0.130. The maximum absolute atomic E-state index is 11.3. The summed E-state index contributed by atoms with van der Waals surface area (Å²) >= 11 is 6.05. The normalized spacial score (nSPS) is 19.4. The molecule has 2 aromatic rings. The number of aryl methyl sites for hydroxylation is 1. The maximum atomic E-state index is 11.3. The summed E-state index contributed by atoms with van der Waals surface area (Å²) in [7, 11) is 0. The van der Waals surface area contributed by atoms with Gasteiger partial charge in [-0.05, 0) is 74.7 Å². The lowest BCUT2D eigenvalue weighted by Gasteiger charge is -2.31. The minimum atomic E-state index is -1.30. The summed E-state index contributed by atoms with van der Waals surface area (Å²) in [6.07, 6.45) is 1.98. The second-order valence-corrected chi connectivity index (χ2v) is 8.99. The lowest BCUT2D eigenvalue weighted by molar-refractivity contribution is -0.152. The van der Waals surface area contributed by atoms with E-state index < -0.39 is 11.6 Å². The Balaban J connectivity index is 1.67. The zero-order valence-corrected chi connectivity index (χ0v) is 19.2. The van der Waals surface area contributed by atoms with E-state index >= 15 is 0 Å². The van der Waals surface area contributed by atoms with E-state index in [1.165, 1.54) is 19.4 Å². The van der Waals surface area contributed by atoms with Crippen LogP contribution in [0.1, 0.15) is 38.8 Å². The lowest BCUT2D eigenvalue weighted by Crippen LogP contribution is -2.42. The Morgan fingerprint density at radius 2 is 1.90 bits per heavy atom. The van der Waals surface area contributed by atoms with Crippen molar-refractivity contribution < 1.29 is 19.4 Å². The van der Waals surface area contributed by atoms with Crippen molar-refractivity contribution >= 4 is 17.6 Å². The van der Waals surface area contributed by atoms with Crippen LogP contribution in [-0.4, -0.2) is 23.3 Å². The molecule has 1 aliphatic rings. The largest absolute Gasteiger partial charge is 0.493 e. The zero-order chi connectivity index (χ0) is 22.8. The molecule has 0 saturated heterocycles. The molecule has 6 nitrogen and oxygen atoms in total. The van der Waals surface area contributed by atoms with Crippen molar-refractivity contribution in [2.24, 2.45) is 5.92 Å². The van der Waals surface area contributed by atoms with Gasteiger partial charge in [0, 0.05) is 17.1 Å². The number of benzene rings is 2. The number of hydrogen-bond donors (Lipinski definition) is 3. The van der Waals surface area contributed by atoms with Crippen LogP contribution in [0.15, 0.2) is 54.2 Å². The van der Waals surface area contributed by atoms with E-state index in [9.17, 15) is 9.90 Å². The fraction of sp³-hybridized carbons (Fsp3) is 0.375. The summed E-state index contributed by atoms with van der Waals surface area (Å²) in [6, 6.07) is 13.2. The van der Waals surface area contributed by atoms with Gasteiger partial charge in [0.2, 0.25) is 0 Å². The van der Waals surface area contributed by atoms with Gasteiger partial charge in [0.15, 0.2) is 5.60 Å². The summed E-state index contributed by atoms with van der Waals surface area (Å²) in [6.45, 7) is 9.65. The number of carbonyl (C=O) groups is 1. The molecule has 0 radical (unpaired) electrons. The Bertz CT molecular complexity index is 988. The smallest absolute Gasteiger partial charge is 0.347 e. The van der Waals surface area contributed by atoms with Crippen molar-refractivity contribution in [3.63, 3.8) is 0 Å². The Hall–Kier alpha value is -2.70. The minimum Gasteiger partial charge on any atom is -0.493 e. The fourth-order valence-corrected chi connectivity index (χ4v) is 3.71. The van der Waals surface area contributed by atoms with Crippen molar-refractivity contribution in [2.75, 3.05) is 6.61 Å². The van der Waals surface area contributed by atoms with Gasteiger partial charge in [-0.15, -0.1) is 0 Å². The van der Waals surface area contributed by atoms with Crippen LogP contribution in [-0.2, 0) is 10.3 Å². The van der Waals surface area contributed by atoms with Gasteiger partial charge >= 0.3 is 5.97 Å². The first kappa shape index (κ1) is 23.0. The molecule has 0 fully saturated rings. The molecule has 2 unspecified atom stereocenters. The van der Waals surface area contributed by atoms with Crippen molar-refractivity contribution in [3.05, 3.63) is 70.4 Å². The van der Waals surface area contributed by atoms with Gasteiger partial charge in [0.1, 0.15) is 11.5 Å². The standard InChI is InChI=1S/C24H29ClN2O4/c1-15-12-19(10-11-21(15)31-23(3,4)22(28)29)30-14-16(2)20-13-26-27-24(20,5)17-6-8-18(25)9-7-17/h6-13,16,26-27H,14H2,1-5H3,(H,28,29). The third-order valence-electron chi connectivity index (χ3n) is 5.61. The van der Waals surface area contributed by atoms with Crippen molar-refractivity contribution in [1.82, 2.24) is 10.9 Å². The highest BCUT2D eigenvalue weighted by Gasteiger charge is 2.37. The summed E-state index contributed by atoms with van der Waals surface area (Å²) in [5, 5.41) is 9.97. The number of aliphatic carboxylic acids is 1. The fourth-order valence-electron chi connectivity index (χ4n) is 3.59. The monoisotopic (exact) mass is 444 g/mol. The maximum Gasteiger partial charge on any atom is 0.347 e. The highest BCUT2D eigenvalue weighted by Crippen LogP contribution is 2.36. The molecule has 0 aromatic heterocycles. The molecule has 0 amide bonds. The molecule has 3 N–H and O–H groups in total. The van der Waals surface area contributed by atoms with Crippen LogP contribution in [0.25, 0.3) is 0 Å². The van der Waals surface area contributed by atoms with Crippen molar-refractivity contribution in [1.29, 1.82) is 0 Å². The van der Waals surface area contributed by atoms with E-state index in [-0.39, 0.29) is 11.5 Å². The van der Waals surface area contributed by atoms with Gasteiger partial charge < -0.3 is 20.0 Å². The number of hydrogen-bond acceptors (Lipinski definition) is 5. The third kappa shape index (κ3) is 4.97. The van der Waals surface area contributed by atoms with E-state index in [0.29, 0.717) is 23.1 Å². The second-order valence-electron chi connectivity index (χ2n) is 8.56. The average Bonchev–Trinajstić information content (AvgIpc) is 3.11. The van der Waals surface area contributed by atoms with Gasteiger partial charge in [-0.1, -0.05) is 30.7 Å². The van der Waals surface area contributed by atoms with Crippen LogP contribution in [0, 0.1) is 12.8 Å². The molecule has 0 saturated carbocycles. The van der Waals surface area contributed by atoms with Crippen LogP contribution in [0.4, 0.5) is 0 Å². The number of ether oxygens (including phenoxy) is 2. The zero-order valence-electron chi connectivity index (χ0n) is 18.5. The Labute approximate surface area is 188 Å². The van der Waals surface area contributed by atoms with Gasteiger partial charge in [0.25, 0.3) is 0 Å². The molecule has 7 heteroatoms. The highest BCUT2D eigenvalue weighted by molar-refractivity contribution is 6.30. The van der Waals surface area contributed by atoms with Crippen LogP contribution in [0.3, 0.4) is 0 Å². The van der Waals surface area contributed by atoms with E-state index in [2.05, 4.69) is 24.7 Å². The Morgan fingerprint density at radius 3 is 2.52 bits per heavy atom. The van der Waals surface area contributed by atoms with Crippen LogP contribution >= 0.6 is 11.6 Å². The van der Waals surface area contributed by atoms with Gasteiger partial charge in [-0.2, -0.15) is 0 Å². The molecule has 0 aliphatic carbocycles. The second kappa shape index (κ2) is 8.81. The molecule has 31 heavy (non-hydrogen) atoms. The van der Waals surface area contributed by atoms with Gasteiger partial charge in [0.05, 0.1) is 12.1 Å². The summed E-state index contributed by atoms with van der Waals surface area (Å²) < 4.78 is 11.7. The Kier molecular flexibility index (Phi) is 6.53. The quantitative estimate of drug-likeness (QED) is 0.542. The molecular weight excluding hydrogens is 416 g/mol. The first-order valence-electron chi connectivity index (χ1n) is 10.2. The molecule has 3 rings (SSSR count). The number of halogens is 1. The van der Waals surface area contributed by atoms with Crippen LogP contribution in [0.5, 0.6) is 11.5 Å². The van der Waals surface area contributed by atoms with E-state index in [1.807, 2.05) is 43.5 Å². The van der Waals surface area contributed by atoms with Gasteiger partial charge in [-0.25, -0.2) is 10.2 Å². The molecule has 0 bridgehead atoms. The summed E-state index contributed by atoms with van der Waals surface area (Å²) in [4.78, 5) is 11.3. The lowest BCUT2D eigenvalue weighted by atomic mass is 9.80. The van der Waals surface area contributed by atoms with Crippen LogP contribution in [0.2, 0.25) is 5.02 Å². The van der Waals surface area contributed by atoms with Crippen molar-refractivity contribution in [3.8, 4) is 11.5 Å². The molecule has 1 aliphatic heterocycles. The number of hydrazine groups is 1. The number of carboxylic acid groups (broad SMARTS) is 1. The van der Waals surface area contributed by atoms with E-state index in [0.717, 1.165) is 11.1 Å². The Morgan fingerprint density at radius 1 is 1.23 bits per heavy atom. The first-order valence-corrected chi connectivity index (χ1v) is 10.6. The van der Waals surface area contributed by atoms with Crippen molar-refractivity contribution in [2.45, 2.75) is 45.8 Å². The molecule has 1 heterocycles. The number of nitrogens with one attached hydrogen (secondary N) is 2. The van der Waals surface area contributed by atoms with Gasteiger partial charge in [-0.3, -0.25) is 0 Å². The highest BCUT2D eigenvalue weighted by atomic mass is 35.5. The van der Waals surface area contributed by atoms with E-state index in [1.54, 1.807) is 12.1 Å². The number of carboxylic acids is 1. The SMILES string of the molecule is Cc1cc(OCC(C)C2=CNNC2(C)c2ccc(Cl)cc2)ccc1OC(C)(C)C(=O)O. The average molecular weight is 445 g/mol. The number of rotatable bonds is 8. The van der Waals surface area contributed by atoms with Crippen LogP contribution < -0.4 is 20.3 Å². The first-order chi connectivity index (χ1) is 14.5. The molecule has 2 aromatic carbocycles. The van der Waals surface area contributed by atoms with E-state index in [4.69, 9.17) is 21.1 Å². The molecule has 2 atom stereocenters. The predicted octanol–water partition coefficient (Wildman–Crippen LogP) is 4.81. The third-order valence-corrected chi connectivity index (χ3v) is 5.86. The molecule has 166 valence electrons. The molecule has 0 spiro atoms.